The number of amides is 1. The van der Waals surface area contributed by atoms with Gasteiger partial charge < -0.3 is 9.47 Å². The molecule has 1 amide bonds. The zero-order chi connectivity index (χ0) is 10.0. The van der Waals surface area contributed by atoms with Gasteiger partial charge in [0, 0.05) is 0 Å². The van der Waals surface area contributed by atoms with Crippen molar-refractivity contribution >= 4 is 33.8 Å². The molecular formula is C6H8BrN2O4+. The molecule has 0 spiro atoms. The summed E-state index contributed by atoms with van der Waals surface area (Å²) in [5.41, 5.74) is 5.18. The molecule has 0 saturated carbocycles. The first-order chi connectivity index (χ1) is 6.06. The Morgan fingerprint density at radius 3 is 2.85 bits per heavy atom. The number of ether oxygens (including phenoxy) is 2. The van der Waals surface area contributed by atoms with Crippen LogP contribution >= 0.6 is 15.9 Å². The van der Waals surface area contributed by atoms with Crippen molar-refractivity contribution in [2.75, 3.05) is 7.11 Å². The Morgan fingerprint density at radius 1 is 1.85 bits per heavy atom. The predicted molar refractivity (Wildman–Crippen MR) is 44.8 cm³/mol. The molecule has 2 atom stereocenters. The SMILES string of the molecule is COC(=O)C(Br)C1OC(N)=[NH+]C1=O. The Kier molecular flexibility index (Phi) is 2.86. The van der Waals surface area contributed by atoms with Gasteiger partial charge >= 0.3 is 17.9 Å². The fourth-order valence-electron chi connectivity index (χ4n) is 0.841. The van der Waals surface area contributed by atoms with Gasteiger partial charge in [-0.05, 0) is 0 Å². The Hall–Kier alpha value is -1.11. The first-order valence-corrected chi connectivity index (χ1v) is 4.29. The maximum Gasteiger partial charge on any atom is 0.448 e. The first kappa shape index (κ1) is 9.97. The Labute approximate surface area is 82.2 Å². The van der Waals surface area contributed by atoms with E-state index in [0.717, 1.165) is 0 Å². The normalized spacial score (nSPS) is 23.4. The number of hydrogen-bond donors (Lipinski definition) is 2. The summed E-state index contributed by atoms with van der Waals surface area (Å²) in [4.78, 5) is 23.4. The minimum absolute atomic E-state index is 0.108. The second kappa shape index (κ2) is 3.73. The van der Waals surface area contributed by atoms with Crippen molar-refractivity contribution in [1.82, 2.24) is 0 Å². The van der Waals surface area contributed by atoms with Crippen LogP contribution in [-0.2, 0) is 19.1 Å². The first-order valence-electron chi connectivity index (χ1n) is 3.38. The van der Waals surface area contributed by atoms with Crippen LogP contribution in [0.4, 0.5) is 0 Å². The standard InChI is InChI=1S/C6H7BrN2O4/c1-12-5(11)2(7)3-4(10)9-6(8)13-3/h2-3H,1H3,(H2,8,9,10)/p+1. The number of rotatable bonds is 2. The topological polar surface area (TPSA) is 92.6 Å². The summed E-state index contributed by atoms with van der Waals surface area (Å²) in [6.45, 7) is 0. The fourth-order valence-corrected chi connectivity index (χ4v) is 1.38. The van der Waals surface area contributed by atoms with E-state index in [1.807, 2.05) is 0 Å². The monoisotopic (exact) mass is 251 g/mol. The van der Waals surface area contributed by atoms with Crippen molar-refractivity contribution in [2.45, 2.75) is 10.9 Å². The van der Waals surface area contributed by atoms with Crippen molar-refractivity contribution in [3.8, 4) is 0 Å². The highest BCUT2D eigenvalue weighted by Crippen LogP contribution is 2.11. The van der Waals surface area contributed by atoms with Gasteiger partial charge in [0.05, 0.1) is 7.11 Å². The van der Waals surface area contributed by atoms with E-state index >= 15 is 0 Å². The van der Waals surface area contributed by atoms with Crippen molar-refractivity contribution in [3.63, 3.8) is 0 Å². The average molecular weight is 252 g/mol. The summed E-state index contributed by atoms with van der Waals surface area (Å²) in [5, 5.41) is 0. The summed E-state index contributed by atoms with van der Waals surface area (Å²) in [5.74, 6) is -1.06. The molecule has 1 heterocycles. The summed E-state index contributed by atoms with van der Waals surface area (Å²) in [6, 6.07) is -0.108. The van der Waals surface area contributed by atoms with Crippen LogP contribution in [0.2, 0.25) is 0 Å². The van der Waals surface area contributed by atoms with Gasteiger partial charge in [-0.1, -0.05) is 15.9 Å². The molecule has 7 heteroatoms. The molecule has 0 bridgehead atoms. The number of nitrogens with two attached hydrogens (primary N) is 1. The molecule has 0 aromatic carbocycles. The van der Waals surface area contributed by atoms with Crippen LogP contribution in [-0.4, -0.2) is 35.9 Å². The number of amidine groups is 1. The highest BCUT2D eigenvalue weighted by molar-refractivity contribution is 9.10. The van der Waals surface area contributed by atoms with Crippen molar-refractivity contribution in [1.29, 1.82) is 0 Å². The van der Waals surface area contributed by atoms with Gasteiger partial charge in [0.2, 0.25) is 6.10 Å². The third kappa shape index (κ3) is 1.97. The zero-order valence-corrected chi connectivity index (χ0v) is 8.33. The quantitative estimate of drug-likeness (QED) is 0.410. The van der Waals surface area contributed by atoms with Crippen molar-refractivity contribution < 1.29 is 24.1 Å². The molecule has 2 unspecified atom stereocenters. The summed E-state index contributed by atoms with van der Waals surface area (Å²) in [7, 11) is 1.22. The minimum Gasteiger partial charge on any atom is -0.468 e. The van der Waals surface area contributed by atoms with E-state index in [-0.39, 0.29) is 6.02 Å². The number of carbonyl (C=O) groups is 2. The number of halogens is 1. The highest BCUT2D eigenvalue weighted by Gasteiger charge is 2.41. The number of carbonyl (C=O) groups excluding carboxylic acids is 2. The molecule has 0 saturated heterocycles. The number of methoxy groups -OCH3 is 1. The van der Waals surface area contributed by atoms with E-state index in [2.05, 4.69) is 25.7 Å². The maximum absolute atomic E-state index is 11.1. The molecule has 0 aromatic heterocycles. The van der Waals surface area contributed by atoms with Crippen LogP contribution in [0.3, 0.4) is 0 Å². The summed E-state index contributed by atoms with van der Waals surface area (Å²) < 4.78 is 9.26. The van der Waals surface area contributed by atoms with Crippen LogP contribution in [0, 0.1) is 0 Å². The number of nitrogens with one attached hydrogen (secondary N) is 1. The molecular weight excluding hydrogens is 244 g/mol. The van der Waals surface area contributed by atoms with Gasteiger partial charge in [0.1, 0.15) is 0 Å². The van der Waals surface area contributed by atoms with E-state index in [1.54, 1.807) is 0 Å². The molecule has 6 nitrogen and oxygen atoms in total. The van der Waals surface area contributed by atoms with E-state index in [1.165, 1.54) is 7.11 Å². The second-order valence-corrected chi connectivity index (χ2v) is 3.30. The van der Waals surface area contributed by atoms with Gasteiger partial charge in [-0.3, -0.25) is 10.5 Å². The molecule has 13 heavy (non-hydrogen) atoms. The second-order valence-electron chi connectivity index (χ2n) is 2.32. The molecule has 0 fully saturated rings. The van der Waals surface area contributed by atoms with Crippen molar-refractivity contribution in [2.24, 2.45) is 5.73 Å². The van der Waals surface area contributed by atoms with Gasteiger partial charge in [-0.25, -0.2) is 4.79 Å². The molecule has 3 N–H and O–H groups in total. The summed E-state index contributed by atoms with van der Waals surface area (Å²) in [6.07, 6.45) is -0.965. The number of esters is 1. The molecule has 0 radical (unpaired) electrons. The largest absolute Gasteiger partial charge is 0.468 e. The predicted octanol–water partition coefficient (Wildman–Crippen LogP) is -2.76. The van der Waals surface area contributed by atoms with Crippen LogP contribution < -0.4 is 10.7 Å². The van der Waals surface area contributed by atoms with Gasteiger partial charge in [0.25, 0.3) is 0 Å². The molecule has 72 valence electrons. The smallest absolute Gasteiger partial charge is 0.448 e. The molecule has 1 aliphatic heterocycles. The lowest BCUT2D eigenvalue weighted by Gasteiger charge is -2.10. The summed E-state index contributed by atoms with van der Waals surface area (Å²) >= 11 is 2.97. The zero-order valence-electron chi connectivity index (χ0n) is 6.74. The van der Waals surface area contributed by atoms with Gasteiger partial charge in [-0.15, -0.1) is 0 Å². The lowest BCUT2D eigenvalue weighted by atomic mass is 10.2. The number of alkyl halides is 1. The molecule has 0 aliphatic carbocycles. The third-order valence-corrected chi connectivity index (χ3v) is 2.30. The fraction of sp³-hybridized carbons (Fsp3) is 0.500. The Balaban J connectivity index is 2.66. The highest BCUT2D eigenvalue weighted by atomic mass is 79.9. The Bertz CT molecular complexity index is 278. The van der Waals surface area contributed by atoms with Crippen LogP contribution in [0.15, 0.2) is 0 Å². The molecule has 1 rings (SSSR count). The lowest BCUT2D eigenvalue weighted by Crippen LogP contribution is -2.77. The number of hydrogen-bond acceptors (Lipinski definition) is 5. The van der Waals surface area contributed by atoms with Crippen LogP contribution in [0.1, 0.15) is 0 Å². The molecule has 0 aromatic rings. The van der Waals surface area contributed by atoms with E-state index in [4.69, 9.17) is 10.5 Å². The van der Waals surface area contributed by atoms with E-state index in [9.17, 15) is 9.59 Å². The van der Waals surface area contributed by atoms with Crippen LogP contribution in [0.25, 0.3) is 0 Å². The van der Waals surface area contributed by atoms with E-state index in [0.29, 0.717) is 0 Å². The lowest BCUT2D eigenvalue weighted by molar-refractivity contribution is -0.373. The Morgan fingerprint density at radius 2 is 2.46 bits per heavy atom. The minimum atomic E-state index is -0.965. The molecule has 1 aliphatic rings. The van der Waals surface area contributed by atoms with Gasteiger partial charge in [0.15, 0.2) is 4.83 Å². The van der Waals surface area contributed by atoms with Crippen molar-refractivity contribution in [3.05, 3.63) is 0 Å². The van der Waals surface area contributed by atoms with E-state index < -0.39 is 22.8 Å². The average Bonchev–Trinajstić information content (AvgIpc) is 2.42. The van der Waals surface area contributed by atoms with Crippen LogP contribution in [0.5, 0.6) is 0 Å². The third-order valence-electron chi connectivity index (χ3n) is 1.45. The van der Waals surface area contributed by atoms with Gasteiger partial charge in [-0.2, -0.15) is 4.99 Å². The maximum atomic E-state index is 11.1.